The normalized spacial score (nSPS) is 13.6. The lowest BCUT2D eigenvalue weighted by Gasteiger charge is -2.29. The molecule has 1 aliphatic rings. The maximum absolute atomic E-state index is 14.5. The number of carbonyl (C=O) groups excluding carboxylic acids is 2. The lowest BCUT2D eigenvalue weighted by Crippen LogP contribution is -2.38. The smallest absolute Gasteiger partial charge is 0.254 e. The van der Waals surface area contributed by atoms with Crippen LogP contribution in [-0.2, 0) is 9.53 Å². The van der Waals surface area contributed by atoms with Gasteiger partial charge in [-0.15, -0.1) is 0 Å². The summed E-state index contributed by atoms with van der Waals surface area (Å²) in [5.41, 5.74) is 2.14. The molecule has 4 rings (SSSR count). The number of hydrogen-bond donors (Lipinski definition) is 1. The predicted octanol–water partition coefficient (Wildman–Crippen LogP) is 2.95. The van der Waals surface area contributed by atoms with Crippen molar-refractivity contribution >= 4 is 23.2 Å². The number of anilines is 2. The van der Waals surface area contributed by atoms with E-state index in [0.29, 0.717) is 25.4 Å². The second-order valence-corrected chi connectivity index (χ2v) is 7.63. The van der Waals surface area contributed by atoms with E-state index in [0.717, 1.165) is 18.8 Å². The van der Waals surface area contributed by atoms with Crippen LogP contribution >= 0.6 is 0 Å². The second-order valence-electron chi connectivity index (χ2n) is 7.63. The highest BCUT2D eigenvalue weighted by atomic mass is 19.1. The number of rotatable bonds is 7. The van der Waals surface area contributed by atoms with Crippen molar-refractivity contribution in [3.8, 4) is 5.69 Å². The van der Waals surface area contributed by atoms with Gasteiger partial charge in [0.1, 0.15) is 18.0 Å². The van der Waals surface area contributed by atoms with Crippen molar-refractivity contribution in [2.24, 2.45) is 0 Å². The fourth-order valence-electron chi connectivity index (χ4n) is 3.70. The van der Waals surface area contributed by atoms with Gasteiger partial charge in [0.25, 0.3) is 5.91 Å². The van der Waals surface area contributed by atoms with Crippen molar-refractivity contribution < 1.29 is 18.7 Å². The molecule has 8 nitrogen and oxygen atoms in total. The standard InChI is InChI=1S/C24H26FN5O3/c1-2-28(24(32)18-4-9-22(21(25)16-18)30-11-3-10-26-30)17-23(31)27-19-5-7-20(8-6-19)29-12-14-33-15-13-29/h3-11,16H,2,12-15,17H2,1H3,(H,27,31). The van der Waals surface area contributed by atoms with Crippen LogP contribution in [-0.4, -0.2) is 65.9 Å². The van der Waals surface area contributed by atoms with E-state index in [1.807, 2.05) is 24.3 Å². The van der Waals surface area contributed by atoms with Gasteiger partial charge in [-0.05, 0) is 55.5 Å². The van der Waals surface area contributed by atoms with Gasteiger partial charge in [-0.25, -0.2) is 9.07 Å². The van der Waals surface area contributed by atoms with E-state index < -0.39 is 11.7 Å². The first-order valence-electron chi connectivity index (χ1n) is 10.9. The van der Waals surface area contributed by atoms with Crippen molar-refractivity contribution in [1.29, 1.82) is 0 Å². The molecule has 1 aliphatic heterocycles. The van der Waals surface area contributed by atoms with Crippen LogP contribution in [0, 0.1) is 5.82 Å². The Morgan fingerprint density at radius 3 is 2.55 bits per heavy atom. The molecule has 1 fully saturated rings. The number of likely N-dealkylation sites (N-methyl/N-ethyl adjacent to an activating group) is 1. The molecule has 1 N–H and O–H groups in total. The fourth-order valence-corrected chi connectivity index (χ4v) is 3.70. The molecule has 9 heteroatoms. The zero-order valence-corrected chi connectivity index (χ0v) is 18.4. The maximum Gasteiger partial charge on any atom is 0.254 e. The Hall–Kier alpha value is -3.72. The van der Waals surface area contributed by atoms with Crippen LogP contribution in [0.2, 0.25) is 0 Å². The van der Waals surface area contributed by atoms with Crippen molar-refractivity contribution in [1.82, 2.24) is 14.7 Å². The number of hydrogen-bond acceptors (Lipinski definition) is 5. The SMILES string of the molecule is CCN(CC(=O)Nc1ccc(N2CCOCC2)cc1)C(=O)c1ccc(-n2cccn2)c(F)c1. The quantitative estimate of drug-likeness (QED) is 0.598. The lowest BCUT2D eigenvalue weighted by molar-refractivity contribution is -0.116. The van der Waals surface area contributed by atoms with Crippen molar-refractivity contribution in [3.63, 3.8) is 0 Å². The Kier molecular flexibility index (Phi) is 6.99. The molecule has 0 spiro atoms. The third-order valence-corrected chi connectivity index (χ3v) is 5.48. The molecule has 0 saturated carbocycles. The van der Waals surface area contributed by atoms with E-state index in [4.69, 9.17) is 4.74 Å². The predicted molar refractivity (Wildman–Crippen MR) is 123 cm³/mol. The number of halogens is 1. The van der Waals surface area contributed by atoms with Crippen LogP contribution in [0.4, 0.5) is 15.8 Å². The van der Waals surface area contributed by atoms with Gasteiger partial charge in [-0.3, -0.25) is 9.59 Å². The molecular weight excluding hydrogens is 425 g/mol. The Bertz CT molecular complexity index is 1100. The number of carbonyl (C=O) groups is 2. The monoisotopic (exact) mass is 451 g/mol. The molecule has 1 saturated heterocycles. The first kappa shape index (κ1) is 22.5. The minimum absolute atomic E-state index is 0.136. The Labute approximate surface area is 191 Å². The summed E-state index contributed by atoms with van der Waals surface area (Å²) < 4.78 is 21.3. The molecule has 2 heterocycles. The molecule has 0 radical (unpaired) electrons. The van der Waals surface area contributed by atoms with Crippen molar-refractivity contribution in [2.45, 2.75) is 6.92 Å². The first-order valence-corrected chi connectivity index (χ1v) is 10.9. The van der Waals surface area contributed by atoms with Gasteiger partial charge in [-0.1, -0.05) is 0 Å². The van der Waals surface area contributed by atoms with Crippen molar-refractivity contribution in [2.75, 3.05) is 49.6 Å². The summed E-state index contributed by atoms with van der Waals surface area (Å²) in [6.07, 6.45) is 3.17. The zero-order chi connectivity index (χ0) is 23.2. The number of aromatic nitrogens is 2. The largest absolute Gasteiger partial charge is 0.378 e. The summed E-state index contributed by atoms with van der Waals surface area (Å²) in [7, 11) is 0. The molecular formula is C24H26FN5O3. The average molecular weight is 452 g/mol. The average Bonchev–Trinajstić information content (AvgIpc) is 3.38. The summed E-state index contributed by atoms with van der Waals surface area (Å²) in [6, 6.07) is 13.5. The van der Waals surface area contributed by atoms with E-state index in [-0.39, 0.29) is 23.7 Å². The van der Waals surface area contributed by atoms with Gasteiger partial charge in [0, 0.05) is 49.0 Å². The Balaban J connectivity index is 1.37. The topological polar surface area (TPSA) is 79.7 Å². The third-order valence-electron chi connectivity index (χ3n) is 5.48. The summed E-state index contributed by atoms with van der Waals surface area (Å²) in [4.78, 5) is 29.0. The van der Waals surface area contributed by atoms with Gasteiger partial charge in [-0.2, -0.15) is 5.10 Å². The number of nitrogens with zero attached hydrogens (tertiary/aromatic N) is 4. The molecule has 2 amide bonds. The third kappa shape index (κ3) is 5.38. The highest BCUT2D eigenvalue weighted by Gasteiger charge is 2.19. The molecule has 33 heavy (non-hydrogen) atoms. The number of amides is 2. The summed E-state index contributed by atoms with van der Waals surface area (Å²) in [5, 5.41) is 6.82. The van der Waals surface area contributed by atoms with E-state index >= 15 is 0 Å². The number of benzene rings is 2. The summed E-state index contributed by atoms with van der Waals surface area (Å²) in [5.74, 6) is -1.30. The molecule has 3 aromatic rings. The van der Waals surface area contributed by atoms with Crippen LogP contribution in [0.5, 0.6) is 0 Å². The summed E-state index contributed by atoms with van der Waals surface area (Å²) >= 11 is 0. The molecule has 0 bridgehead atoms. The number of morpholine rings is 1. The molecule has 0 atom stereocenters. The highest BCUT2D eigenvalue weighted by Crippen LogP contribution is 2.19. The highest BCUT2D eigenvalue weighted by molar-refractivity contribution is 5.99. The van der Waals surface area contributed by atoms with E-state index in [1.54, 1.807) is 25.4 Å². The molecule has 172 valence electrons. The zero-order valence-electron chi connectivity index (χ0n) is 18.4. The van der Waals surface area contributed by atoms with Gasteiger partial charge in [0.2, 0.25) is 5.91 Å². The minimum atomic E-state index is -0.564. The van der Waals surface area contributed by atoms with Crippen LogP contribution in [0.3, 0.4) is 0 Å². The number of ether oxygens (including phenoxy) is 1. The van der Waals surface area contributed by atoms with E-state index in [2.05, 4.69) is 15.3 Å². The molecule has 0 aliphatic carbocycles. The van der Waals surface area contributed by atoms with Gasteiger partial charge >= 0.3 is 0 Å². The minimum Gasteiger partial charge on any atom is -0.378 e. The lowest BCUT2D eigenvalue weighted by atomic mass is 10.1. The first-order chi connectivity index (χ1) is 16.0. The van der Waals surface area contributed by atoms with Crippen LogP contribution in [0.15, 0.2) is 60.9 Å². The second kappa shape index (κ2) is 10.3. The van der Waals surface area contributed by atoms with Crippen LogP contribution < -0.4 is 10.2 Å². The van der Waals surface area contributed by atoms with Crippen LogP contribution in [0.1, 0.15) is 17.3 Å². The Morgan fingerprint density at radius 1 is 1.15 bits per heavy atom. The number of nitrogens with one attached hydrogen (secondary N) is 1. The molecule has 1 aromatic heterocycles. The van der Waals surface area contributed by atoms with Gasteiger partial charge in [0.05, 0.1) is 13.2 Å². The molecule has 0 unspecified atom stereocenters. The molecule has 2 aromatic carbocycles. The maximum atomic E-state index is 14.5. The fraction of sp³-hybridized carbons (Fsp3) is 0.292. The van der Waals surface area contributed by atoms with E-state index in [9.17, 15) is 14.0 Å². The summed E-state index contributed by atoms with van der Waals surface area (Å²) in [6.45, 7) is 5.03. The van der Waals surface area contributed by atoms with E-state index in [1.165, 1.54) is 27.8 Å². The van der Waals surface area contributed by atoms with Gasteiger partial charge < -0.3 is 19.9 Å². The Morgan fingerprint density at radius 2 is 1.91 bits per heavy atom. The van der Waals surface area contributed by atoms with Crippen LogP contribution in [0.25, 0.3) is 5.69 Å². The van der Waals surface area contributed by atoms with Crippen molar-refractivity contribution in [3.05, 3.63) is 72.3 Å². The van der Waals surface area contributed by atoms with Gasteiger partial charge in [0.15, 0.2) is 0 Å².